The van der Waals surface area contributed by atoms with E-state index < -0.39 is 0 Å². The van der Waals surface area contributed by atoms with Crippen LogP contribution in [0.25, 0.3) is 0 Å². The normalized spacial score (nSPS) is 27.0. The van der Waals surface area contributed by atoms with Crippen LogP contribution in [0.1, 0.15) is 31.0 Å². The molecule has 9 nitrogen and oxygen atoms in total. The molecule has 3 aliphatic rings. The number of morpholine rings is 1. The van der Waals surface area contributed by atoms with Gasteiger partial charge in [0, 0.05) is 52.2 Å². The largest absolute Gasteiger partial charge is 0.378 e. The molecule has 28 heavy (non-hydrogen) atoms. The number of amides is 2. The zero-order chi connectivity index (χ0) is 19.5. The summed E-state index contributed by atoms with van der Waals surface area (Å²) in [5, 5.41) is 11.5. The minimum atomic E-state index is -0.116. The summed E-state index contributed by atoms with van der Waals surface area (Å²) < 4.78 is 7.31. The van der Waals surface area contributed by atoms with E-state index in [9.17, 15) is 9.59 Å². The number of piperidine rings is 2. The maximum absolute atomic E-state index is 13.1. The maximum Gasteiger partial charge on any atom is 0.227 e. The van der Waals surface area contributed by atoms with Crippen LogP contribution in [0.2, 0.25) is 0 Å². The molecule has 1 N–H and O–H groups in total. The lowest BCUT2D eigenvalue weighted by Crippen LogP contribution is -2.52. The second-order valence-corrected chi connectivity index (χ2v) is 8.13. The van der Waals surface area contributed by atoms with Gasteiger partial charge < -0.3 is 24.4 Å². The molecule has 1 aromatic heterocycles. The van der Waals surface area contributed by atoms with E-state index in [0.717, 1.165) is 31.8 Å². The van der Waals surface area contributed by atoms with Gasteiger partial charge in [0.1, 0.15) is 12.2 Å². The van der Waals surface area contributed by atoms with E-state index in [1.165, 1.54) is 0 Å². The highest BCUT2D eigenvalue weighted by atomic mass is 16.5. The van der Waals surface area contributed by atoms with Gasteiger partial charge in [-0.1, -0.05) is 0 Å². The summed E-state index contributed by atoms with van der Waals surface area (Å²) in [5.74, 6) is 1.48. The first-order chi connectivity index (χ1) is 13.6. The van der Waals surface area contributed by atoms with Gasteiger partial charge in [-0.25, -0.2) is 0 Å². The lowest BCUT2D eigenvalue weighted by molar-refractivity contribution is -0.143. The number of aromatic nitrogens is 3. The van der Waals surface area contributed by atoms with Crippen molar-refractivity contribution in [2.45, 2.75) is 25.2 Å². The van der Waals surface area contributed by atoms with Crippen molar-refractivity contribution in [3.8, 4) is 0 Å². The van der Waals surface area contributed by atoms with Crippen LogP contribution in [-0.4, -0.2) is 88.9 Å². The lowest BCUT2D eigenvalue weighted by atomic mass is 9.87. The van der Waals surface area contributed by atoms with Gasteiger partial charge in [0.05, 0.1) is 25.0 Å². The molecule has 0 aromatic carbocycles. The zero-order valence-electron chi connectivity index (χ0n) is 16.5. The molecule has 2 atom stereocenters. The van der Waals surface area contributed by atoms with Gasteiger partial charge in [0.25, 0.3) is 0 Å². The molecule has 0 aliphatic carbocycles. The average Bonchev–Trinajstić information content (AvgIpc) is 3.19. The minimum Gasteiger partial charge on any atom is -0.378 e. The van der Waals surface area contributed by atoms with Crippen LogP contribution in [0, 0.1) is 11.8 Å². The van der Waals surface area contributed by atoms with Crippen molar-refractivity contribution in [2.24, 2.45) is 18.9 Å². The fraction of sp³-hybridized carbons (Fsp3) is 0.789. The van der Waals surface area contributed by atoms with E-state index in [1.807, 2.05) is 21.4 Å². The van der Waals surface area contributed by atoms with E-state index >= 15 is 0 Å². The number of likely N-dealkylation sites (tertiary alicyclic amines) is 1. The first kappa shape index (κ1) is 19.3. The average molecular weight is 390 g/mol. The number of carbonyl (C=O) groups excluding carboxylic acids is 2. The number of hydrogen-bond acceptors (Lipinski definition) is 6. The highest BCUT2D eigenvalue weighted by Gasteiger charge is 2.36. The molecule has 0 unspecified atom stereocenters. The van der Waals surface area contributed by atoms with Crippen LogP contribution in [0.4, 0.5) is 0 Å². The smallest absolute Gasteiger partial charge is 0.227 e. The molecule has 0 bridgehead atoms. The number of ether oxygens (including phenoxy) is 1. The first-order valence-corrected chi connectivity index (χ1v) is 10.3. The molecule has 4 heterocycles. The number of aryl methyl sites for hydroxylation is 1. The van der Waals surface area contributed by atoms with Crippen molar-refractivity contribution in [2.75, 3.05) is 52.5 Å². The minimum absolute atomic E-state index is 0.114. The van der Waals surface area contributed by atoms with Gasteiger partial charge in [0.15, 0.2) is 0 Å². The Labute approximate surface area is 165 Å². The molecule has 9 heteroatoms. The van der Waals surface area contributed by atoms with E-state index in [-0.39, 0.29) is 23.7 Å². The van der Waals surface area contributed by atoms with Gasteiger partial charge in [-0.15, -0.1) is 10.2 Å². The summed E-state index contributed by atoms with van der Waals surface area (Å²) in [7, 11) is 1.96. The van der Waals surface area contributed by atoms with E-state index in [0.29, 0.717) is 51.7 Å². The Morgan fingerprint density at radius 2 is 1.64 bits per heavy atom. The Morgan fingerprint density at radius 1 is 1.04 bits per heavy atom. The highest BCUT2D eigenvalue weighted by Crippen LogP contribution is 2.28. The monoisotopic (exact) mass is 390 g/mol. The predicted octanol–water partition coefficient (Wildman–Crippen LogP) is -0.394. The molecule has 1 aromatic rings. The van der Waals surface area contributed by atoms with Crippen LogP contribution in [0.15, 0.2) is 6.33 Å². The van der Waals surface area contributed by atoms with Gasteiger partial charge in [0.2, 0.25) is 11.8 Å². The Morgan fingerprint density at radius 3 is 2.21 bits per heavy atom. The number of nitrogens with zero attached hydrogens (tertiary/aromatic N) is 5. The maximum atomic E-state index is 13.1. The molecule has 0 spiro atoms. The third kappa shape index (κ3) is 4.05. The number of carbonyl (C=O) groups is 2. The standard InChI is InChI=1S/C19H30N6O3/c1-23-13-21-22-17(23)14-2-4-24(5-3-14)18(26)15-10-16(12-20-11-15)19(27)25-6-8-28-9-7-25/h13-16,20H,2-12H2,1H3/t15-,16+/m1/s1. The van der Waals surface area contributed by atoms with Crippen molar-refractivity contribution in [3.05, 3.63) is 12.2 Å². The second-order valence-electron chi connectivity index (χ2n) is 8.13. The van der Waals surface area contributed by atoms with Crippen molar-refractivity contribution < 1.29 is 14.3 Å². The Balaban J connectivity index is 1.31. The lowest BCUT2D eigenvalue weighted by Gasteiger charge is -2.38. The molecule has 0 saturated carbocycles. The van der Waals surface area contributed by atoms with Crippen LogP contribution in [-0.2, 0) is 21.4 Å². The molecular formula is C19H30N6O3. The van der Waals surface area contributed by atoms with Crippen molar-refractivity contribution in [3.63, 3.8) is 0 Å². The topological polar surface area (TPSA) is 92.6 Å². The number of hydrogen-bond donors (Lipinski definition) is 1. The Kier molecular flexibility index (Phi) is 5.91. The summed E-state index contributed by atoms with van der Waals surface area (Å²) in [6.45, 7) is 5.34. The molecule has 3 saturated heterocycles. The quantitative estimate of drug-likeness (QED) is 0.755. The third-order valence-electron chi connectivity index (χ3n) is 6.29. The summed E-state index contributed by atoms with van der Waals surface area (Å²) in [4.78, 5) is 29.7. The van der Waals surface area contributed by atoms with Crippen LogP contribution >= 0.6 is 0 Å². The zero-order valence-corrected chi connectivity index (χ0v) is 16.5. The third-order valence-corrected chi connectivity index (χ3v) is 6.29. The van der Waals surface area contributed by atoms with Crippen molar-refractivity contribution in [1.82, 2.24) is 29.9 Å². The molecular weight excluding hydrogens is 360 g/mol. The SMILES string of the molecule is Cn1cnnc1C1CCN(C(=O)[C@H]2CNC[C@@H](C(=O)N3CCOCC3)C2)CC1. The predicted molar refractivity (Wildman–Crippen MR) is 101 cm³/mol. The molecule has 0 radical (unpaired) electrons. The van der Waals surface area contributed by atoms with Crippen LogP contribution < -0.4 is 5.32 Å². The van der Waals surface area contributed by atoms with Crippen LogP contribution in [0.5, 0.6) is 0 Å². The van der Waals surface area contributed by atoms with Gasteiger partial charge in [-0.2, -0.15) is 0 Å². The van der Waals surface area contributed by atoms with E-state index in [1.54, 1.807) is 6.33 Å². The van der Waals surface area contributed by atoms with E-state index in [4.69, 9.17) is 4.74 Å². The van der Waals surface area contributed by atoms with Crippen LogP contribution in [0.3, 0.4) is 0 Å². The summed E-state index contributed by atoms with van der Waals surface area (Å²) in [6.07, 6.45) is 4.19. The summed E-state index contributed by atoms with van der Waals surface area (Å²) >= 11 is 0. The Hall–Kier alpha value is -2.00. The molecule has 4 rings (SSSR count). The number of rotatable bonds is 3. The van der Waals surface area contributed by atoms with Crippen molar-refractivity contribution >= 4 is 11.8 Å². The molecule has 154 valence electrons. The van der Waals surface area contributed by atoms with Gasteiger partial charge in [-0.3, -0.25) is 9.59 Å². The summed E-state index contributed by atoms with van der Waals surface area (Å²) in [5.41, 5.74) is 0. The Bertz CT molecular complexity index is 694. The van der Waals surface area contributed by atoms with Gasteiger partial charge >= 0.3 is 0 Å². The van der Waals surface area contributed by atoms with Gasteiger partial charge in [-0.05, 0) is 19.3 Å². The van der Waals surface area contributed by atoms with Crippen molar-refractivity contribution in [1.29, 1.82) is 0 Å². The highest BCUT2D eigenvalue weighted by molar-refractivity contribution is 5.83. The second kappa shape index (κ2) is 8.57. The molecule has 2 amide bonds. The first-order valence-electron chi connectivity index (χ1n) is 10.3. The molecule has 3 aliphatic heterocycles. The molecule has 3 fully saturated rings. The van der Waals surface area contributed by atoms with E-state index in [2.05, 4.69) is 15.5 Å². The fourth-order valence-corrected chi connectivity index (χ4v) is 4.64. The number of nitrogens with one attached hydrogen (secondary N) is 1. The summed E-state index contributed by atoms with van der Waals surface area (Å²) in [6, 6.07) is 0. The fourth-order valence-electron chi connectivity index (χ4n) is 4.64.